The Hall–Kier alpha value is -1.84. The molecule has 0 amide bonds. The molecule has 1 aromatic rings. The third-order valence-electron chi connectivity index (χ3n) is 3.66. The van der Waals surface area contributed by atoms with Crippen LogP contribution in [0.25, 0.3) is 0 Å². The first-order valence-corrected chi connectivity index (χ1v) is 6.40. The number of hydrogen-bond donors (Lipinski definition) is 1. The molecule has 1 aliphatic rings. The van der Waals surface area contributed by atoms with Gasteiger partial charge in [-0.15, -0.1) is 0 Å². The van der Waals surface area contributed by atoms with Crippen LogP contribution in [0.2, 0.25) is 0 Å². The molecule has 2 rings (SSSR count). The van der Waals surface area contributed by atoms with Crippen LogP contribution < -0.4 is 5.32 Å². The van der Waals surface area contributed by atoms with E-state index in [-0.39, 0.29) is 18.0 Å². The van der Waals surface area contributed by atoms with Crippen LogP contribution >= 0.6 is 0 Å². The highest BCUT2D eigenvalue weighted by molar-refractivity contribution is 5.34. The standard InChI is InChI=1S/C15H17N3/c1-11(13-5-2-4-12(8-13)9-16)18-15-7-3-6-14(15)10-17/h2,4-5,8,11,14-15,18H,3,6-7H2,1H3. The third kappa shape index (κ3) is 2.70. The molecule has 0 bridgehead atoms. The Labute approximate surface area is 108 Å². The molecule has 92 valence electrons. The fourth-order valence-electron chi connectivity index (χ4n) is 2.61. The molecule has 3 unspecified atom stereocenters. The molecule has 3 atom stereocenters. The van der Waals surface area contributed by atoms with E-state index in [9.17, 15) is 0 Å². The van der Waals surface area contributed by atoms with Gasteiger partial charge in [0.05, 0.1) is 23.6 Å². The largest absolute Gasteiger partial charge is 0.306 e. The Morgan fingerprint density at radius 2 is 2.17 bits per heavy atom. The van der Waals surface area contributed by atoms with Crippen molar-refractivity contribution in [3.63, 3.8) is 0 Å². The highest BCUT2D eigenvalue weighted by Gasteiger charge is 2.28. The van der Waals surface area contributed by atoms with Crippen LogP contribution in [0.5, 0.6) is 0 Å². The maximum Gasteiger partial charge on any atom is 0.0991 e. The smallest absolute Gasteiger partial charge is 0.0991 e. The minimum absolute atomic E-state index is 0.131. The number of rotatable bonds is 3. The van der Waals surface area contributed by atoms with Crippen LogP contribution in [0.15, 0.2) is 24.3 Å². The molecule has 1 fully saturated rings. The van der Waals surface area contributed by atoms with Gasteiger partial charge in [0, 0.05) is 12.1 Å². The first-order valence-electron chi connectivity index (χ1n) is 6.40. The fourth-order valence-corrected chi connectivity index (χ4v) is 2.61. The molecule has 0 radical (unpaired) electrons. The molecule has 1 saturated carbocycles. The fraction of sp³-hybridized carbons (Fsp3) is 0.467. The average Bonchev–Trinajstić information content (AvgIpc) is 2.86. The molecule has 0 heterocycles. The summed E-state index contributed by atoms with van der Waals surface area (Å²) in [6, 6.07) is 12.6. The average molecular weight is 239 g/mol. The lowest BCUT2D eigenvalue weighted by Crippen LogP contribution is -2.33. The van der Waals surface area contributed by atoms with Crippen molar-refractivity contribution >= 4 is 0 Å². The molecule has 0 spiro atoms. The van der Waals surface area contributed by atoms with Gasteiger partial charge in [-0.05, 0) is 37.5 Å². The second kappa shape index (κ2) is 5.67. The van der Waals surface area contributed by atoms with E-state index in [1.54, 1.807) is 0 Å². The molecule has 1 aliphatic carbocycles. The zero-order chi connectivity index (χ0) is 13.0. The predicted octanol–water partition coefficient (Wildman–Crippen LogP) is 2.90. The highest BCUT2D eigenvalue weighted by Crippen LogP contribution is 2.27. The van der Waals surface area contributed by atoms with Crippen LogP contribution in [-0.4, -0.2) is 6.04 Å². The summed E-state index contributed by atoms with van der Waals surface area (Å²) in [7, 11) is 0. The maximum atomic E-state index is 9.07. The normalized spacial score (nSPS) is 24.2. The lowest BCUT2D eigenvalue weighted by molar-refractivity contribution is 0.417. The molecule has 18 heavy (non-hydrogen) atoms. The van der Waals surface area contributed by atoms with Crippen LogP contribution in [-0.2, 0) is 0 Å². The first kappa shape index (κ1) is 12.6. The summed E-state index contributed by atoms with van der Waals surface area (Å²) < 4.78 is 0. The van der Waals surface area contributed by atoms with Crippen LogP contribution in [0.4, 0.5) is 0 Å². The van der Waals surface area contributed by atoms with E-state index in [1.165, 1.54) is 0 Å². The van der Waals surface area contributed by atoms with Crippen molar-refractivity contribution in [1.82, 2.24) is 5.32 Å². The molecule has 0 aromatic heterocycles. The molecular weight excluding hydrogens is 222 g/mol. The van der Waals surface area contributed by atoms with Crippen LogP contribution in [0, 0.1) is 28.6 Å². The quantitative estimate of drug-likeness (QED) is 0.882. The van der Waals surface area contributed by atoms with Gasteiger partial charge in [0.1, 0.15) is 0 Å². The summed E-state index contributed by atoms with van der Waals surface area (Å²) in [5, 5.41) is 21.5. The van der Waals surface area contributed by atoms with Gasteiger partial charge >= 0.3 is 0 Å². The summed E-state index contributed by atoms with van der Waals surface area (Å²) in [4.78, 5) is 0. The van der Waals surface area contributed by atoms with E-state index >= 15 is 0 Å². The van der Waals surface area contributed by atoms with Gasteiger partial charge in [-0.25, -0.2) is 0 Å². The molecule has 0 saturated heterocycles. The van der Waals surface area contributed by atoms with E-state index in [1.807, 2.05) is 24.3 Å². The van der Waals surface area contributed by atoms with Crippen LogP contribution in [0.1, 0.15) is 43.4 Å². The summed E-state index contributed by atoms with van der Waals surface area (Å²) in [6.07, 6.45) is 3.19. The Morgan fingerprint density at radius 3 is 2.89 bits per heavy atom. The molecule has 1 aromatic carbocycles. The van der Waals surface area contributed by atoms with Crippen molar-refractivity contribution in [2.45, 2.75) is 38.3 Å². The monoisotopic (exact) mass is 239 g/mol. The number of nitrogens with zero attached hydrogens (tertiary/aromatic N) is 2. The maximum absolute atomic E-state index is 9.07. The predicted molar refractivity (Wildman–Crippen MR) is 69.4 cm³/mol. The van der Waals surface area contributed by atoms with Gasteiger partial charge in [-0.1, -0.05) is 18.6 Å². The van der Waals surface area contributed by atoms with Crippen molar-refractivity contribution in [2.24, 2.45) is 5.92 Å². The van der Waals surface area contributed by atoms with Crippen molar-refractivity contribution in [3.05, 3.63) is 35.4 Å². The third-order valence-corrected chi connectivity index (χ3v) is 3.66. The van der Waals surface area contributed by atoms with E-state index in [2.05, 4.69) is 24.4 Å². The van der Waals surface area contributed by atoms with Crippen LogP contribution in [0.3, 0.4) is 0 Å². The van der Waals surface area contributed by atoms with Gasteiger partial charge in [-0.3, -0.25) is 0 Å². The summed E-state index contributed by atoms with van der Waals surface area (Å²) >= 11 is 0. The van der Waals surface area contributed by atoms with Gasteiger partial charge in [0.2, 0.25) is 0 Å². The van der Waals surface area contributed by atoms with Crippen molar-refractivity contribution in [2.75, 3.05) is 0 Å². The van der Waals surface area contributed by atoms with Gasteiger partial charge in [0.15, 0.2) is 0 Å². The summed E-state index contributed by atoms with van der Waals surface area (Å²) in [5.74, 6) is 0.131. The highest BCUT2D eigenvalue weighted by atomic mass is 15.0. The van der Waals surface area contributed by atoms with E-state index in [0.29, 0.717) is 5.56 Å². The minimum atomic E-state index is 0.131. The van der Waals surface area contributed by atoms with E-state index in [4.69, 9.17) is 10.5 Å². The van der Waals surface area contributed by atoms with Crippen molar-refractivity contribution in [1.29, 1.82) is 10.5 Å². The summed E-state index contributed by atoms with van der Waals surface area (Å²) in [5.41, 5.74) is 1.79. The topological polar surface area (TPSA) is 59.6 Å². The number of nitriles is 2. The lowest BCUT2D eigenvalue weighted by Gasteiger charge is -2.22. The Morgan fingerprint density at radius 1 is 1.33 bits per heavy atom. The van der Waals surface area contributed by atoms with Crippen molar-refractivity contribution in [3.8, 4) is 12.1 Å². The molecular formula is C15H17N3. The van der Waals surface area contributed by atoms with Crippen molar-refractivity contribution < 1.29 is 0 Å². The van der Waals surface area contributed by atoms with E-state index in [0.717, 1.165) is 24.8 Å². The zero-order valence-corrected chi connectivity index (χ0v) is 10.6. The molecule has 0 aliphatic heterocycles. The van der Waals surface area contributed by atoms with Gasteiger partial charge < -0.3 is 5.32 Å². The zero-order valence-electron chi connectivity index (χ0n) is 10.6. The summed E-state index contributed by atoms with van der Waals surface area (Å²) in [6.45, 7) is 2.09. The van der Waals surface area contributed by atoms with Gasteiger partial charge in [0.25, 0.3) is 0 Å². The lowest BCUT2D eigenvalue weighted by atomic mass is 10.0. The minimum Gasteiger partial charge on any atom is -0.306 e. The first-order chi connectivity index (χ1) is 8.74. The number of nitrogens with one attached hydrogen (secondary N) is 1. The number of hydrogen-bond acceptors (Lipinski definition) is 3. The second-order valence-corrected chi connectivity index (χ2v) is 4.90. The number of benzene rings is 1. The Balaban J connectivity index is 2.05. The van der Waals surface area contributed by atoms with E-state index < -0.39 is 0 Å². The molecule has 3 heteroatoms. The van der Waals surface area contributed by atoms with Gasteiger partial charge in [-0.2, -0.15) is 10.5 Å². The Bertz CT molecular complexity index is 495. The SMILES string of the molecule is CC(NC1CCCC1C#N)c1cccc(C#N)c1. The molecule has 3 nitrogen and oxygen atoms in total. The Kier molecular flexibility index (Phi) is 3.97. The second-order valence-electron chi connectivity index (χ2n) is 4.90. The molecule has 1 N–H and O–H groups in total.